The van der Waals surface area contributed by atoms with Gasteiger partial charge in [0, 0.05) is 6.42 Å². The molecule has 0 aromatic rings. The average molecular weight is 148 g/mol. The van der Waals surface area contributed by atoms with Crippen molar-refractivity contribution in [3.63, 3.8) is 0 Å². The minimum atomic E-state index is -0.937. The molecule has 1 saturated heterocycles. The minimum Gasteiger partial charge on any atom is -0.390 e. The van der Waals surface area contributed by atoms with Crippen molar-refractivity contribution in [1.82, 2.24) is 0 Å². The molecular weight excluding hydrogens is 136 g/mol. The second-order valence-corrected chi connectivity index (χ2v) is 2.59. The van der Waals surface area contributed by atoms with Crippen LogP contribution < -0.4 is 0 Å². The third-order valence-electron chi connectivity index (χ3n) is 1.69. The van der Waals surface area contributed by atoms with Crippen LogP contribution in [0.4, 0.5) is 0 Å². The topological polar surface area (TPSA) is 69.9 Å². The van der Waals surface area contributed by atoms with Crippen LogP contribution in [0.1, 0.15) is 13.3 Å². The van der Waals surface area contributed by atoms with Gasteiger partial charge < -0.3 is 20.1 Å². The highest BCUT2D eigenvalue weighted by Crippen LogP contribution is 2.17. The standard InChI is InChI=1S/C6H12O4/c1-3-6(9)4(7)2-5(8)10-3/h3-9H,2H2,1H3/t3-,4+,5?,6?/m1/s1. The smallest absolute Gasteiger partial charge is 0.157 e. The third-order valence-corrected chi connectivity index (χ3v) is 1.69. The third kappa shape index (κ3) is 1.46. The van der Waals surface area contributed by atoms with Crippen molar-refractivity contribution in [2.45, 2.75) is 37.9 Å². The van der Waals surface area contributed by atoms with Gasteiger partial charge >= 0.3 is 0 Å². The molecule has 4 atom stereocenters. The fourth-order valence-electron chi connectivity index (χ4n) is 1.04. The van der Waals surface area contributed by atoms with Crippen molar-refractivity contribution >= 4 is 0 Å². The maximum atomic E-state index is 9.08. The number of ether oxygens (including phenoxy) is 1. The van der Waals surface area contributed by atoms with E-state index in [-0.39, 0.29) is 6.42 Å². The van der Waals surface area contributed by atoms with E-state index in [1.54, 1.807) is 6.92 Å². The van der Waals surface area contributed by atoms with Gasteiger partial charge in [-0.3, -0.25) is 0 Å². The van der Waals surface area contributed by atoms with Crippen molar-refractivity contribution < 1.29 is 20.1 Å². The van der Waals surface area contributed by atoms with Crippen LogP contribution in [0.5, 0.6) is 0 Å². The van der Waals surface area contributed by atoms with Gasteiger partial charge in [0.1, 0.15) is 6.10 Å². The Bertz CT molecular complexity index is 104. The first-order valence-electron chi connectivity index (χ1n) is 3.31. The summed E-state index contributed by atoms with van der Waals surface area (Å²) in [5, 5.41) is 27.0. The SMILES string of the molecule is C[C@H]1OC(O)C[C@H](O)C1O. The molecule has 0 aromatic heterocycles. The van der Waals surface area contributed by atoms with E-state index in [0.29, 0.717) is 0 Å². The average Bonchev–Trinajstić information content (AvgIpc) is 1.82. The van der Waals surface area contributed by atoms with E-state index in [1.807, 2.05) is 0 Å². The van der Waals surface area contributed by atoms with Gasteiger partial charge in [-0.1, -0.05) is 0 Å². The highest BCUT2D eigenvalue weighted by molar-refractivity contribution is 4.78. The van der Waals surface area contributed by atoms with Crippen molar-refractivity contribution in [1.29, 1.82) is 0 Å². The van der Waals surface area contributed by atoms with Crippen molar-refractivity contribution in [3.8, 4) is 0 Å². The number of hydrogen-bond donors (Lipinski definition) is 3. The first-order chi connectivity index (χ1) is 4.61. The molecule has 0 amide bonds. The van der Waals surface area contributed by atoms with Gasteiger partial charge in [-0.05, 0) is 6.92 Å². The first kappa shape index (κ1) is 7.94. The second-order valence-electron chi connectivity index (χ2n) is 2.59. The van der Waals surface area contributed by atoms with Crippen molar-refractivity contribution in [2.24, 2.45) is 0 Å². The molecule has 0 aromatic carbocycles. The molecular formula is C6H12O4. The summed E-state index contributed by atoms with van der Waals surface area (Å²) in [6.45, 7) is 1.61. The van der Waals surface area contributed by atoms with Crippen LogP contribution in [-0.2, 0) is 4.74 Å². The van der Waals surface area contributed by atoms with E-state index in [9.17, 15) is 0 Å². The van der Waals surface area contributed by atoms with E-state index in [4.69, 9.17) is 20.1 Å². The van der Waals surface area contributed by atoms with Crippen LogP contribution >= 0.6 is 0 Å². The van der Waals surface area contributed by atoms with Gasteiger partial charge in [0.25, 0.3) is 0 Å². The van der Waals surface area contributed by atoms with Gasteiger partial charge in [-0.25, -0.2) is 0 Å². The molecule has 60 valence electrons. The maximum Gasteiger partial charge on any atom is 0.157 e. The number of rotatable bonds is 0. The fraction of sp³-hybridized carbons (Fsp3) is 1.00. The zero-order chi connectivity index (χ0) is 7.72. The lowest BCUT2D eigenvalue weighted by molar-refractivity contribution is -0.226. The van der Waals surface area contributed by atoms with Crippen LogP contribution in [0.2, 0.25) is 0 Å². The van der Waals surface area contributed by atoms with E-state index in [2.05, 4.69) is 0 Å². The molecule has 0 spiro atoms. The molecule has 3 N–H and O–H groups in total. The molecule has 1 rings (SSSR count). The van der Waals surface area contributed by atoms with Gasteiger partial charge in [-0.15, -0.1) is 0 Å². The summed E-state index contributed by atoms with van der Waals surface area (Å²) in [7, 11) is 0. The van der Waals surface area contributed by atoms with Crippen LogP contribution in [0.15, 0.2) is 0 Å². The van der Waals surface area contributed by atoms with E-state index in [1.165, 1.54) is 0 Å². The van der Waals surface area contributed by atoms with Gasteiger partial charge in [0.15, 0.2) is 6.29 Å². The summed E-state index contributed by atoms with van der Waals surface area (Å²) in [6.07, 6.45) is -3.07. The first-order valence-corrected chi connectivity index (χ1v) is 3.31. The Labute approximate surface area is 59.1 Å². The number of aliphatic hydroxyl groups is 3. The monoisotopic (exact) mass is 148 g/mol. The minimum absolute atomic E-state index is 0.0888. The Hall–Kier alpha value is -0.160. The number of aliphatic hydroxyl groups excluding tert-OH is 3. The molecule has 0 radical (unpaired) electrons. The van der Waals surface area contributed by atoms with E-state index < -0.39 is 24.6 Å². The molecule has 0 saturated carbocycles. The molecule has 1 fully saturated rings. The molecule has 4 heteroatoms. The van der Waals surface area contributed by atoms with Crippen LogP contribution in [0.3, 0.4) is 0 Å². The lowest BCUT2D eigenvalue weighted by Gasteiger charge is -2.32. The summed E-state index contributed by atoms with van der Waals surface area (Å²) in [4.78, 5) is 0. The molecule has 1 aliphatic heterocycles. The lowest BCUT2D eigenvalue weighted by atomic mass is 10.0. The zero-order valence-electron chi connectivity index (χ0n) is 5.77. The Morgan fingerprint density at radius 2 is 1.90 bits per heavy atom. The summed E-state index contributed by atoms with van der Waals surface area (Å²) in [5.74, 6) is 0. The largest absolute Gasteiger partial charge is 0.390 e. The van der Waals surface area contributed by atoms with Crippen molar-refractivity contribution in [2.75, 3.05) is 0 Å². The molecule has 10 heavy (non-hydrogen) atoms. The van der Waals surface area contributed by atoms with Crippen LogP contribution in [0, 0.1) is 0 Å². The molecule has 4 nitrogen and oxygen atoms in total. The highest BCUT2D eigenvalue weighted by Gasteiger charge is 2.32. The molecule has 1 heterocycles. The number of hydrogen-bond acceptors (Lipinski definition) is 4. The Balaban J connectivity index is 2.49. The van der Waals surface area contributed by atoms with Gasteiger partial charge in [0.2, 0.25) is 0 Å². The normalized spacial score (nSPS) is 49.2. The van der Waals surface area contributed by atoms with Crippen LogP contribution in [0.25, 0.3) is 0 Å². The fourth-order valence-corrected chi connectivity index (χ4v) is 1.04. The summed E-state index contributed by atoms with van der Waals surface area (Å²) >= 11 is 0. The van der Waals surface area contributed by atoms with E-state index in [0.717, 1.165) is 0 Å². The predicted octanol–water partition coefficient (Wildman–Crippen LogP) is -1.16. The lowest BCUT2D eigenvalue weighted by Crippen LogP contribution is -2.46. The van der Waals surface area contributed by atoms with E-state index >= 15 is 0 Å². The predicted molar refractivity (Wildman–Crippen MR) is 33.2 cm³/mol. The van der Waals surface area contributed by atoms with Crippen LogP contribution in [-0.4, -0.2) is 39.9 Å². The quantitative estimate of drug-likeness (QED) is 0.405. The zero-order valence-corrected chi connectivity index (χ0v) is 5.77. The summed E-state index contributed by atoms with van der Waals surface area (Å²) in [6, 6.07) is 0. The maximum absolute atomic E-state index is 9.08. The molecule has 2 unspecified atom stereocenters. The highest BCUT2D eigenvalue weighted by atomic mass is 16.6. The molecule has 0 aliphatic carbocycles. The Morgan fingerprint density at radius 3 is 2.40 bits per heavy atom. The van der Waals surface area contributed by atoms with Crippen molar-refractivity contribution in [3.05, 3.63) is 0 Å². The van der Waals surface area contributed by atoms with Gasteiger partial charge in [-0.2, -0.15) is 0 Å². The molecule has 0 bridgehead atoms. The molecule has 1 aliphatic rings. The Morgan fingerprint density at radius 1 is 1.30 bits per heavy atom. The van der Waals surface area contributed by atoms with Gasteiger partial charge in [0.05, 0.1) is 12.2 Å². The Kier molecular flexibility index (Phi) is 2.25. The second kappa shape index (κ2) is 2.84. The summed E-state index contributed by atoms with van der Waals surface area (Å²) < 4.78 is 4.81. The summed E-state index contributed by atoms with van der Waals surface area (Å²) in [5.41, 5.74) is 0.